The summed E-state index contributed by atoms with van der Waals surface area (Å²) in [5.74, 6) is -1.08. The van der Waals surface area contributed by atoms with Crippen molar-refractivity contribution in [2.24, 2.45) is 0 Å². The van der Waals surface area contributed by atoms with Crippen molar-refractivity contribution in [2.45, 2.75) is 20.4 Å². The minimum atomic E-state index is -0.936. The molecule has 0 aromatic carbocycles. The summed E-state index contributed by atoms with van der Waals surface area (Å²) in [6.07, 6.45) is 0. The van der Waals surface area contributed by atoms with Crippen LogP contribution in [0.5, 0.6) is 0 Å². The number of aromatic nitrogens is 2. The number of carboxylic acid groups (broad SMARTS) is 1. The lowest BCUT2D eigenvalue weighted by Crippen LogP contribution is -2.27. The van der Waals surface area contributed by atoms with Gasteiger partial charge in [-0.05, 0) is 32.0 Å². The summed E-state index contributed by atoms with van der Waals surface area (Å²) in [7, 11) is 0. The third-order valence-corrected chi connectivity index (χ3v) is 5.74. The number of nitrogens with zero attached hydrogens (tertiary/aromatic N) is 2. The number of rotatable bonds is 5. The van der Waals surface area contributed by atoms with E-state index < -0.39 is 5.97 Å². The topological polar surface area (TPSA) is 84.2 Å². The Hall–Kier alpha value is -2.19. The summed E-state index contributed by atoms with van der Waals surface area (Å²) in [6, 6.07) is 5.34. The number of aromatic carboxylic acids is 1. The summed E-state index contributed by atoms with van der Waals surface area (Å²) in [5, 5.41) is 17.0. The molecule has 0 spiro atoms. The molecule has 2 N–H and O–H groups in total. The Bertz CT molecular complexity index is 860. The van der Waals surface area contributed by atoms with E-state index >= 15 is 0 Å². The molecule has 0 saturated carbocycles. The molecule has 0 aliphatic rings. The number of thiophene rings is 2. The molecule has 0 aliphatic carbocycles. The summed E-state index contributed by atoms with van der Waals surface area (Å²) in [5.41, 5.74) is 2.02. The minimum absolute atomic E-state index is 0.142. The number of carboxylic acids is 1. The number of hydrogen-bond acceptors (Lipinski definition) is 5. The Morgan fingerprint density at radius 3 is 2.52 bits per heavy atom. The number of hydrogen-bond donors (Lipinski definition) is 2. The molecule has 3 aromatic heterocycles. The third-order valence-electron chi connectivity index (χ3n) is 3.36. The van der Waals surface area contributed by atoms with Gasteiger partial charge in [0.1, 0.15) is 4.88 Å². The number of fused-ring (bicyclic) bond motifs is 1. The molecular weight excluding hydrogens is 334 g/mol. The molecule has 6 nitrogen and oxygen atoms in total. The van der Waals surface area contributed by atoms with Crippen LogP contribution < -0.4 is 5.32 Å². The van der Waals surface area contributed by atoms with Crippen molar-refractivity contribution in [2.75, 3.05) is 6.54 Å². The number of carbonyl (C=O) groups is 2. The van der Waals surface area contributed by atoms with Gasteiger partial charge in [0.2, 0.25) is 0 Å². The maximum atomic E-state index is 12.2. The van der Waals surface area contributed by atoms with E-state index in [0.717, 1.165) is 20.8 Å². The maximum absolute atomic E-state index is 12.2. The average molecular weight is 349 g/mol. The molecule has 0 bridgehead atoms. The first-order valence-electron chi connectivity index (χ1n) is 7.00. The lowest BCUT2D eigenvalue weighted by atomic mass is 10.3. The van der Waals surface area contributed by atoms with Crippen molar-refractivity contribution in [1.82, 2.24) is 15.1 Å². The van der Waals surface area contributed by atoms with Crippen molar-refractivity contribution >= 4 is 43.9 Å². The van der Waals surface area contributed by atoms with E-state index in [2.05, 4.69) is 10.4 Å². The molecule has 1 amide bonds. The van der Waals surface area contributed by atoms with Gasteiger partial charge in [0.05, 0.1) is 21.1 Å². The summed E-state index contributed by atoms with van der Waals surface area (Å²) >= 11 is 2.51. The maximum Gasteiger partial charge on any atom is 0.345 e. The minimum Gasteiger partial charge on any atom is -0.477 e. The Morgan fingerprint density at radius 2 is 1.91 bits per heavy atom. The number of aryl methyl sites for hydroxylation is 2. The predicted molar refractivity (Wildman–Crippen MR) is 90.7 cm³/mol. The van der Waals surface area contributed by atoms with Crippen LogP contribution in [0.4, 0.5) is 0 Å². The third kappa shape index (κ3) is 3.27. The van der Waals surface area contributed by atoms with E-state index in [1.807, 2.05) is 24.6 Å². The van der Waals surface area contributed by atoms with Crippen molar-refractivity contribution in [3.8, 4) is 0 Å². The van der Waals surface area contributed by atoms with Crippen LogP contribution >= 0.6 is 22.7 Å². The Morgan fingerprint density at radius 1 is 1.22 bits per heavy atom. The number of carbonyl (C=O) groups excluding carboxylic acids is 1. The first kappa shape index (κ1) is 15.7. The van der Waals surface area contributed by atoms with E-state index in [1.165, 1.54) is 22.7 Å². The molecule has 0 atom stereocenters. The van der Waals surface area contributed by atoms with E-state index in [1.54, 1.807) is 12.1 Å². The molecule has 0 fully saturated rings. The van der Waals surface area contributed by atoms with Crippen LogP contribution in [0.3, 0.4) is 0 Å². The summed E-state index contributed by atoms with van der Waals surface area (Å²) < 4.78 is 2.72. The van der Waals surface area contributed by atoms with Gasteiger partial charge in [-0.3, -0.25) is 9.48 Å². The fourth-order valence-corrected chi connectivity index (χ4v) is 4.52. The number of amides is 1. The molecule has 0 unspecified atom stereocenters. The summed E-state index contributed by atoms with van der Waals surface area (Å²) in [6.45, 7) is 5.03. The van der Waals surface area contributed by atoms with Gasteiger partial charge in [-0.15, -0.1) is 22.7 Å². The van der Waals surface area contributed by atoms with E-state index in [-0.39, 0.29) is 5.91 Å². The van der Waals surface area contributed by atoms with Gasteiger partial charge < -0.3 is 10.4 Å². The molecule has 120 valence electrons. The lowest BCUT2D eigenvalue weighted by molar-refractivity contribution is 0.0702. The van der Waals surface area contributed by atoms with Crippen LogP contribution in [0.25, 0.3) is 9.40 Å². The van der Waals surface area contributed by atoms with E-state index in [0.29, 0.717) is 22.8 Å². The molecule has 3 aromatic rings. The van der Waals surface area contributed by atoms with Crippen molar-refractivity contribution in [3.05, 3.63) is 39.3 Å². The van der Waals surface area contributed by atoms with Crippen LogP contribution in [0, 0.1) is 13.8 Å². The van der Waals surface area contributed by atoms with Gasteiger partial charge in [0.15, 0.2) is 0 Å². The number of nitrogens with one attached hydrogen (secondary N) is 1. The second-order valence-electron chi connectivity index (χ2n) is 5.18. The SMILES string of the molecule is Cc1cc(C)n(CCNC(=O)c2cc3cc(C(=O)O)sc3s2)n1. The van der Waals surface area contributed by atoms with Gasteiger partial charge in [0, 0.05) is 17.6 Å². The Balaban J connectivity index is 1.63. The zero-order chi connectivity index (χ0) is 16.6. The molecule has 23 heavy (non-hydrogen) atoms. The van der Waals surface area contributed by atoms with Crippen molar-refractivity contribution < 1.29 is 14.7 Å². The zero-order valence-corrected chi connectivity index (χ0v) is 14.3. The summed E-state index contributed by atoms with van der Waals surface area (Å²) in [4.78, 5) is 24.0. The smallest absolute Gasteiger partial charge is 0.345 e. The van der Waals surface area contributed by atoms with E-state index in [9.17, 15) is 9.59 Å². The molecule has 3 heterocycles. The molecule has 8 heteroatoms. The molecular formula is C15H15N3O3S2. The first-order valence-corrected chi connectivity index (χ1v) is 8.63. The first-order chi connectivity index (χ1) is 10.9. The molecule has 3 rings (SSSR count). The fraction of sp³-hybridized carbons (Fsp3) is 0.267. The molecule has 0 radical (unpaired) electrons. The van der Waals surface area contributed by atoms with Crippen LogP contribution in [-0.2, 0) is 6.54 Å². The Labute approximate surface area is 140 Å². The average Bonchev–Trinajstić information content (AvgIpc) is 3.11. The normalized spacial score (nSPS) is 11.0. The monoisotopic (exact) mass is 349 g/mol. The van der Waals surface area contributed by atoms with Gasteiger partial charge in [-0.2, -0.15) is 5.10 Å². The predicted octanol–water partition coefficient (Wildman–Crippen LogP) is 2.90. The molecule has 0 saturated heterocycles. The van der Waals surface area contributed by atoms with Crippen molar-refractivity contribution in [3.63, 3.8) is 0 Å². The largest absolute Gasteiger partial charge is 0.477 e. The van der Waals surface area contributed by atoms with Gasteiger partial charge in [-0.25, -0.2) is 4.79 Å². The quantitative estimate of drug-likeness (QED) is 0.742. The zero-order valence-electron chi connectivity index (χ0n) is 12.6. The van der Waals surface area contributed by atoms with Gasteiger partial charge >= 0.3 is 5.97 Å². The second-order valence-corrected chi connectivity index (χ2v) is 7.54. The standard InChI is InChI=1S/C15H15N3O3S2/c1-8-5-9(2)18(17-8)4-3-16-13(19)11-6-10-7-12(14(20)21)23-15(10)22-11/h5-7H,3-4H2,1-2H3,(H,16,19)(H,20,21). The highest BCUT2D eigenvalue weighted by molar-refractivity contribution is 7.39. The second kappa shape index (κ2) is 6.13. The van der Waals surface area contributed by atoms with Crippen LogP contribution in [0.1, 0.15) is 30.7 Å². The van der Waals surface area contributed by atoms with Crippen LogP contribution in [-0.4, -0.2) is 33.3 Å². The van der Waals surface area contributed by atoms with E-state index in [4.69, 9.17) is 5.11 Å². The fourth-order valence-electron chi connectivity index (χ4n) is 2.32. The van der Waals surface area contributed by atoms with Crippen LogP contribution in [0.2, 0.25) is 0 Å². The van der Waals surface area contributed by atoms with Crippen molar-refractivity contribution in [1.29, 1.82) is 0 Å². The highest BCUT2D eigenvalue weighted by atomic mass is 32.2. The highest BCUT2D eigenvalue weighted by Gasteiger charge is 2.15. The van der Waals surface area contributed by atoms with Gasteiger partial charge in [-0.1, -0.05) is 0 Å². The lowest BCUT2D eigenvalue weighted by Gasteiger charge is -2.05. The molecule has 0 aliphatic heterocycles. The van der Waals surface area contributed by atoms with Gasteiger partial charge in [0.25, 0.3) is 5.91 Å². The Kier molecular flexibility index (Phi) is 4.18. The highest BCUT2D eigenvalue weighted by Crippen LogP contribution is 2.33. The van der Waals surface area contributed by atoms with Crippen LogP contribution in [0.15, 0.2) is 18.2 Å².